The summed E-state index contributed by atoms with van der Waals surface area (Å²) in [5.41, 5.74) is 3.40. The maximum absolute atomic E-state index is 6.01. The summed E-state index contributed by atoms with van der Waals surface area (Å²) in [6, 6.07) is 2.14. The molecule has 0 amide bonds. The molecule has 0 fully saturated rings. The zero-order valence-electron chi connectivity index (χ0n) is 11.9. The summed E-state index contributed by atoms with van der Waals surface area (Å²) in [5, 5.41) is 0. The molecule has 3 nitrogen and oxygen atoms in total. The Bertz CT molecular complexity index is 366. The molecule has 0 unspecified atom stereocenters. The lowest BCUT2D eigenvalue weighted by Crippen LogP contribution is -2.33. The van der Waals surface area contributed by atoms with E-state index in [-0.39, 0.29) is 0 Å². The summed E-state index contributed by atoms with van der Waals surface area (Å²) in [6.07, 6.45) is 3.03. The van der Waals surface area contributed by atoms with Gasteiger partial charge in [-0.3, -0.25) is 4.98 Å². The zero-order chi connectivity index (χ0) is 13.5. The number of alkyl halides is 1. The first kappa shape index (κ1) is 15.3. The molecule has 0 radical (unpaired) electrons. The van der Waals surface area contributed by atoms with Crippen molar-refractivity contribution >= 4 is 17.3 Å². The predicted octanol–water partition coefficient (Wildman–Crippen LogP) is 2.91. The molecule has 0 aliphatic heterocycles. The summed E-state index contributed by atoms with van der Waals surface area (Å²) in [5.74, 6) is 0.519. The van der Waals surface area contributed by atoms with Crippen molar-refractivity contribution in [3.05, 3.63) is 23.5 Å². The highest BCUT2D eigenvalue weighted by molar-refractivity contribution is 6.17. The first-order valence-corrected chi connectivity index (χ1v) is 7.03. The molecular formula is C14H24ClN3. The van der Waals surface area contributed by atoms with Gasteiger partial charge in [0.1, 0.15) is 0 Å². The van der Waals surface area contributed by atoms with Gasteiger partial charge in [0.25, 0.3) is 0 Å². The van der Waals surface area contributed by atoms with Crippen molar-refractivity contribution in [3.63, 3.8) is 0 Å². The van der Waals surface area contributed by atoms with Crippen molar-refractivity contribution in [1.29, 1.82) is 0 Å². The van der Waals surface area contributed by atoms with Crippen molar-refractivity contribution < 1.29 is 0 Å². The number of hydrogen-bond acceptors (Lipinski definition) is 3. The van der Waals surface area contributed by atoms with Crippen molar-refractivity contribution in [2.45, 2.75) is 26.1 Å². The Morgan fingerprint density at radius 3 is 2.50 bits per heavy atom. The van der Waals surface area contributed by atoms with Gasteiger partial charge in [-0.15, -0.1) is 11.6 Å². The minimum atomic E-state index is 0.519. The Morgan fingerprint density at radius 2 is 1.94 bits per heavy atom. The third-order valence-electron chi connectivity index (χ3n) is 2.89. The fourth-order valence-electron chi connectivity index (χ4n) is 1.91. The summed E-state index contributed by atoms with van der Waals surface area (Å²) < 4.78 is 0. The summed E-state index contributed by atoms with van der Waals surface area (Å²) >= 11 is 6.01. The van der Waals surface area contributed by atoms with E-state index in [4.69, 9.17) is 11.6 Å². The Morgan fingerprint density at radius 1 is 1.22 bits per heavy atom. The normalized spacial score (nSPS) is 11.0. The molecule has 0 aromatic carbocycles. The molecule has 0 spiro atoms. The second-order valence-corrected chi connectivity index (χ2v) is 5.15. The van der Waals surface area contributed by atoms with Crippen LogP contribution in [0.2, 0.25) is 0 Å². The summed E-state index contributed by atoms with van der Waals surface area (Å²) in [4.78, 5) is 8.94. The molecule has 0 N–H and O–H groups in total. The van der Waals surface area contributed by atoms with Gasteiger partial charge in [-0.25, -0.2) is 0 Å². The number of rotatable bonds is 7. The van der Waals surface area contributed by atoms with Gasteiger partial charge in [0.2, 0.25) is 0 Å². The second kappa shape index (κ2) is 7.59. The molecule has 4 heteroatoms. The molecule has 18 heavy (non-hydrogen) atoms. The number of anilines is 1. The van der Waals surface area contributed by atoms with Gasteiger partial charge >= 0.3 is 0 Å². The topological polar surface area (TPSA) is 19.4 Å². The summed E-state index contributed by atoms with van der Waals surface area (Å²) in [6.45, 7) is 7.35. The summed E-state index contributed by atoms with van der Waals surface area (Å²) in [7, 11) is 4.20. The van der Waals surface area contributed by atoms with Crippen LogP contribution in [-0.2, 0) is 5.88 Å². The Balaban J connectivity index is 2.92. The Labute approximate surface area is 116 Å². The van der Waals surface area contributed by atoms with Crippen LogP contribution in [0.3, 0.4) is 0 Å². The first-order chi connectivity index (χ1) is 8.58. The molecule has 0 saturated carbocycles. The van der Waals surface area contributed by atoms with Gasteiger partial charge in [-0.2, -0.15) is 0 Å². The number of halogens is 1. The average molecular weight is 270 g/mol. The molecule has 0 aliphatic carbocycles. The largest absolute Gasteiger partial charge is 0.370 e. The average Bonchev–Trinajstić information content (AvgIpc) is 2.34. The van der Waals surface area contributed by atoms with E-state index in [1.54, 1.807) is 0 Å². The molecule has 0 bridgehead atoms. The van der Waals surface area contributed by atoms with Crippen LogP contribution in [0.4, 0.5) is 5.69 Å². The first-order valence-electron chi connectivity index (χ1n) is 6.49. The lowest BCUT2D eigenvalue weighted by Gasteiger charge is -2.28. The number of aryl methyl sites for hydroxylation is 1. The Hall–Kier alpha value is -0.800. The predicted molar refractivity (Wildman–Crippen MR) is 79.6 cm³/mol. The fraction of sp³-hybridized carbons (Fsp3) is 0.643. The van der Waals surface area contributed by atoms with Crippen molar-refractivity contribution in [1.82, 2.24) is 9.88 Å². The van der Waals surface area contributed by atoms with E-state index in [0.29, 0.717) is 5.88 Å². The monoisotopic (exact) mass is 269 g/mol. The number of likely N-dealkylation sites (N-methyl/N-ethyl adjacent to an activating group) is 1. The van der Waals surface area contributed by atoms with E-state index < -0.39 is 0 Å². The third kappa shape index (κ3) is 4.46. The zero-order valence-corrected chi connectivity index (χ0v) is 12.7. The van der Waals surface area contributed by atoms with E-state index in [1.165, 1.54) is 5.69 Å². The molecule has 102 valence electrons. The molecule has 0 saturated heterocycles. The van der Waals surface area contributed by atoms with Crippen LogP contribution >= 0.6 is 11.6 Å². The van der Waals surface area contributed by atoms with Crippen LogP contribution in [0.1, 0.15) is 24.6 Å². The highest BCUT2D eigenvalue weighted by atomic mass is 35.5. The van der Waals surface area contributed by atoms with Crippen LogP contribution in [0.25, 0.3) is 0 Å². The maximum Gasteiger partial charge on any atom is 0.0509 e. The maximum atomic E-state index is 6.01. The fourth-order valence-corrected chi connectivity index (χ4v) is 2.12. The van der Waals surface area contributed by atoms with Crippen LogP contribution in [0.15, 0.2) is 12.3 Å². The highest BCUT2D eigenvalue weighted by Crippen LogP contribution is 2.22. The van der Waals surface area contributed by atoms with Gasteiger partial charge in [0.05, 0.1) is 5.88 Å². The lowest BCUT2D eigenvalue weighted by atomic mass is 10.2. The smallest absolute Gasteiger partial charge is 0.0509 e. The molecule has 1 rings (SSSR count). The highest BCUT2D eigenvalue weighted by Gasteiger charge is 2.11. The van der Waals surface area contributed by atoms with Crippen molar-refractivity contribution in [2.24, 2.45) is 0 Å². The van der Waals surface area contributed by atoms with Crippen LogP contribution in [0.5, 0.6) is 0 Å². The molecule has 1 aromatic heterocycles. The molecule has 1 aromatic rings. The van der Waals surface area contributed by atoms with E-state index >= 15 is 0 Å². The number of nitrogens with zero attached hydrogens (tertiary/aromatic N) is 3. The van der Waals surface area contributed by atoms with Gasteiger partial charge in [0.15, 0.2) is 0 Å². The van der Waals surface area contributed by atoms with E-state index in [9.17, 15) is 0 Å². The second-order valence-electron chi connectivity index (χ2n) is 4.88. The van der Waals surface area contributed by atoms with Crippen LogP contribution in [-0.4, -0.2) is 43.6 Å². The van der Waals surface area contributed by atoms with Crippen molar-refractivity contribution in [2.75, 3.05) is 38.6 Å². The third-order valence-corrected chi connectivity index (χ3v) is 3.18. The van der Waals surface area contributed by atoms with Gasteiger partial charge in [0, 0.05) is 42.8 Å². The van der Waals surface area contributed by atoms with Gasteiger partial charge in [-0.1, -0.05) is 6.92 Å². The standard InChI is InChI=1S/C14H24ClN3/c1-5-6-18(8-7-17(3)4)14-9-12(2)16-11-13(14)10-15/h9,11H,5-8,10H2,1-4H3. The number of pyridine rings is 1. The Kier molecular flexibility index (Phi) is 6.44. The lowest BCUT2D eigenvalue weighted by molar-refractivity contribution is 0.413. The molecule has 1 heterocycles. The van der Waals surface area contributed by atoms with Crippen LogP contribution in [0, 0.1) is 6.92 Å². The molecular weight excluding hydrogens is 246 g/mol. The van der Waals surface area contributed by atoms with E-state index in [0.717, 1.165) is 37.3 Å². The van der Waals surface area contributed by atoms with Gasteiger partial charge < -0.3 is 9.80 Å². The quantitative estimate of drug-likeness (QED) is 0.710. The minimum absolute atomic E-state index is 0.519. The van der Waals surface area contributed by atoms with E-state index in [1.807, 2.05) is 13.1 Å². The molecule has 0 aliphatic rings. The van der Waals surface area contributed by atoms with E-state index in [2.05, 4.69) is 41.9 Å². The molecule has 0 atom stereocenters. The van der Waals surface area contributed by atoms with Crippen LogP contribution < -0.4 is 4.90 Å². The van der Waals surface area contributed by atoms with Gasteiger partial charge in [-0.05, 0) is 33.5 Å². The van der Waals surface area contributed by atoms with Crippen molar-refractivity contribution in [3.8, 4) is 0 Å². The SMILES string of the molecule is CCCN(CCN(C)C)c1cc(C)ncc1CCl. The minimum Gasteiger partial charge on any atom is -0.370 e. The number of hydrogen-bond donors (Lipinski definition) is 0. The number of aromatic nitrogens is 1.